The lowest BCUT2D eigenvalue weighted by Crippen LogP contribution is -2.24. The van der Waals surface area contributed by atoms with Crippen LogP contribution in [-0.2, 0) is 0 Å². The minimum Gasteiger partial charge on any atom is -0.345 e. The Labute approximate surface area is 78.7 Å². The van der Waals surface area contributed by atoms with E-state index in [2.05, 4.69) is 35.7 Å². The van der Waals surface area contributed by atoms with Crippen LogP contribution in [0.4, 0.5) is 5.69 Å². The van der Waals surface area contributed by atoms with Gasteiger partial charge >= 0.3 is 0 Å². The van der Waals surface area contributed by atoms with Crippen molar-refractivity contribution in [3.05, 3.63) is 42.1 Å². The van der Waals surface area contributed by atoms with Crippen molar-refractivity contribution >= 4 is 5.69 Å². The molecule has 66 valence electrons. The van der Waals surface area contributed by atoms with E-state index in [1.807, 2.05) is 0 Å². The third kappa shape index (κ3) is 0.819. The first kappa shape index (κ1) is 7.19. The van der Waals surface area contributed by atoms with Gasteiger partial charge in [-0.1, -0.05) is 24.8 Å². The molecule has 1 aromatic carbocycles. The fraction of sp³-hybridized carbons (Fsp3) is 0.333. The van der Waals surface area contributed by atoms with Gasteiger partial charge in [-0.2, -0.15) is 0 Å². The molecule has 2 bridgehead atoms. The quantitative estimate of drug-likeness (QED) is 0.580. The fourth-order valence-corrected chi connectivity index (χ4v) is 2.59. The van der Waals surface area contributed by atoms with Gasteiger partial charge in [0.05, 0.1) is 0 Å². The maximum atomic E-state index is 4.18. The molecule has 0 amide bonds. The average Bonchev–Trinajstić information content (AvgIpc) is 2.36. The Hall–Kier alpha value is -1.24. The van der Waals surface area contributed by atoms with Gasteiger partial charge in [-0.15, -0.1) is 0 Å². The van der Waals surface area contributed by atoms with E-state index in [0.717, 1.165) is 6.54 Å². The lowest BCUT2D eigenvalue weighted by Gasteiger charge is -2.26. The third-order valence-corrected chi connectivity index (χ3v) is 3.23. The van der Waals surface area contributed by atoms with Crippen molar-refractivity contribution in [2.75, 3.05) is 11.4 Å². The molecule has 1 heteroatoms. The van der Waals surface area contributed by atoms with Crippen molar-refractivity contribution in [1.82, 2.24) is 0 Å². The highest BCUT2D eigenvalue weighted by Crippen LogP contribution is 2.47. The third-order valence-electron chi connectivity index (χ3n) is 3.23. The zero-order valence-electron chi connectivity index (χ0n) is 7.66. The molecule has 0 saturated carbocycles. The Morgan fingerprint density at radius 1 is 1.31 bits per heavy atom. The highest BCUT2D eigenvalue weighted by atomic mass is 15.2. The molecule has 2 aliphatic heterocycles. The van der Waals surface area contributed by atoms with Crippen LogP contribution in [0.1, 0.15) is 24.3 Å². The zero-order valence-corrected chi connectivity index (χ0v) is 7.66. The van der Waals surface area contributed by atoms with E-state index in [1.54, 1.807) is 0 Å². The molecule has 2 heterocycles. The van der Waals surface area contributed by atoms with Crippen LogP contribution in [0.3, 0.4) is 0 Å². The monoisotopic (exact) mass is 171 g/mol. The summed E-state index contributed by atoms with van der Waals surface area (Å²) in [5.74, 6) is 0.616. The number of benzene rings is 1. The molecular formula is C12H13N. The second kappa shape index (κ2) is 2.38. The van der Waals surface area contributed by atoms with E-state index in [1.165, 1.54) is 29.8 Å². The SMILES string of the molecule is C=C1C2CCCN1c1ccccc12. The van der Waals surface area contributed by atoms with Crippen LogP contribution in [-0.4, -0.2) is 6.54 Å². The van der Waals surface area contributed by atoms with Crippen LogP contribution < -0.4 is 4.90 Å². The van der Waals surface area contributed by atoms with Gasteiger partial charge in [-0.3, -0.25) is 0 Å². The van der Waals surface area contributed by atoms with Gasteiger partial charge < -0.3 is 4.90 Å². The number of para-hydroxylation sites is 1. The Morgan fingerprint density at radius 2 is 2.15 bits per heavy atom. The Bertz CT molecular complexity index is 334. The number of nitrogens with zero attached hydrogens (tertiary/aromatic N) is 1. The molecular weight excluding hydrogens is 158 g/mol. The summed E-state index contributed by atoms with van der Waals surface area (Å²) >= 11 is 0. The molecule has 1 nitrogen and oxygen atoms in total. The van der Waals surface area contributed by atoms with Crippen LogP contribution in [0.15, 0.2) is 36.5 Å². The van der Waals surface area contributed by atoms with Gasteiger partial charge in [0.2, 0.25) is 0 Å². The predicted molar refractivity (Wildman–Crippen MR) is 54.9 cm³/mol. The fourth-order valence-electron chi connectivity index (χ4n) is 2.59. The smallest absolute Gasteiger partial charge is 0.0447 e. The molecule has 1 unspecified atom stereocenters. The summed E-state index contributed by atoms with van der Waals surface area (Å²) < 4.78 is 0. The number of hydrogen-bond donors (Lipinski definition) is 0. The van der Waals surface area contributed by atoms with Crippen LogP contribution in [0.25, 0.3) is 0 Å². The summed E-state index contributed by atoms with van der Waals surface area (Å²) in [4.78, 5) is 2.38. The number of piperidine rings is 1. The van der Waals surface area contributed by atoms with Gasteiger partial charge in [0.25, 0.3) is 0 Å². The van der Waals surface area contributed by atoms with Crippen molar-refractivity contribution in [3.8, 4) is 0 Å². The summed E-state index contributed by atoms with van der Waals surface area (Å²) in [6.07, 6.45) is 2.59. The summed E-state index contributed by atoms with van der Waals surface area (Å²) in [6, 6.07) is 8.71. The number of allylic oxidation sites excluding steroid dienone is 1. The minimum atomic E-state index is 0.616. The lowest BCUT2D eigenvalue weighted by molar-refractivity contribution is 0.610. The van der Waals surface area contributed by atoms with Gasteiger partial charge in [0.15, 0.2) is 0 Å². The van der Waals surface area contributed by atoms with E-state index in [0.29, 0.717) is 5.92 Å². The predicted octanol–water partition coefficient (Wildman–Crippen LogP) is 2.90. The Kier molecular flexibility index (Phi) is 1.32. The largest absolute Gasteiger partial charge is 0.345 e. The minimum absolute atomic E-state index is 0.616. The van der Waals surface area contributed by atoms with Gasteiger partial charge in [-0.05, 0) is 24.5 Å². The molecule has 2 aliphatic rings. The second-order valence-electron chi connectivity index (χ2n) is 3.90. The number of rotatable bonds is 0. The first-order chi connectivity index (χ1) is 6.38. The standard InChI is InChI=1S/C12H13N/c1-9-10-6-4-8-13(9)12-7-3-2-5-11(10)12/h2-3,5,7,10H,1,4,6,8H2. The van der Waals surface area contributed by atoms with Crippen LogP contribution in [0.2, 0.25) is 0 Å². The molecule has 13 heavy (non-hydrogen) atoms. The first-order valence-electron chi connectivity index (χ1n) is 4.93. The molecule has 3 rings (SSSR count). The highest BCUT2D eigenvalue weighted by molar-refractivity contribution is 5.68. The molecule has 1 atom stereocenters. The number of fused-ring (bicyclic) bond motifs is 5. The summed E-state index contributed by atoms with van der Waals surface area (Å²) in [5.41, 5.74) is 4.20. The van der Waals surface area contributed by atoms with Crippen molar-refractivity contribution in [2.45, 2.75) is 18.8 Å². The first-order valence-corrected chi connectivity index (χ1v) is 4.93. The topological polar surface area (TPSA) is 3.24 Å². The Morgan fingerprint density at radius 3 is 3.08 bits per heavy atom. The summed E-state index contributed by atoms with van der Waals surface area (Å²) in [5, 5.41) is 0. The van der Waals surface area contributed by atoms with E-state index in [4.69, 9.17) is 0 Å². The molecule has 1 fully saturated rings. The van der Waals surface area contributed by atoms with E-state index < -0.39 is 0 Å². The van der Waals surface area contributed by atoms with Gasteiger partial charge in [0.1, 0.15) is 0 Å². The maximum absolute atomic E-state index is 4.18. The Balaban J connectivity index is 2.22. The maximum Gasteiger partial charge on any atom is 0.0447 e. The molecule has 0 N–H and O–H groups in total. The highest BCUT2D eigenvalue weighted by Gasteiger charge is 2.34. The number of hydrogen-bond acceptors (Lipinski definition) is 1. The number of anilines is 1. The van der Waals surface area contributed by atoms with Crippen molar-refractivity contribution in [3.63, 3.8) is 0 Å². The van der Waals surface area contributed by atoms with Gasteiger partial charge in [0, 0.05) is 23.8 Å². The molecule has 0 spiro atoms. The van der Waals surface area contributed by atoms with E-state index in [-0.39, 0.29) is 0 Å². The zero-order chi connectivity index (χ0) is 8.84. The van der Waals surface area contributed by atoms with E-state index >= 15 is 0 Å². The average molecular weight is 171 g/mol. The summed E-state index contributed by atoms with van der Waals surface area (Å²) in [7, 11) is 0. The molecule has 0 aliphatic carbocycles. The van der Waals surface area contributed by atoms with Crippen molar-refractivity contribution in [1.29, 1.82) is 0 Å². The normalized spacial score (nSPS) is 24.8. The lowest BCUT2D eigenvalue weighted by atomic mass is 9.93. The molecule has 1 saturated heterocycles. The van der Waals surface area contributed by atoms with Crippen LogP contribution in [0.5, 0.6) is 0 Å². The van der Waals surface area contributed by atoms with Crippen molar-refractivity contribution in [2.24, 2.45) is 0 Å². The van der Waals surface area contributed by atoms with Crippen molar-refractivity contribution < 1.29 is 0 Å². The second-order valence-corrected chi connectivity index (χ2v) is 3.90. The van der Waals surface area contributed by atoms with Crippen LogP contribution >= 0.6 is 0 Å². The van der Waals surface area contributed by atoms with Gasteiger partial charge in [-0.25, -0.2) is 0 Å². The molecule has 1 aromatic rings. The summed E-state index contributed by atoms with van der Waals surface area (Å²) in [6.45, 7) is 5.34. The molecule has 0 radical (unpaired) electrons. The molecule has 0 aromatic heterocycles. The van der Waals surface area contributed by atoms with E-state index in [9.17, 15) is 0 Å². The van der Waals surface area contributed by atoms with Crippen LogP contribution in [0, 0.1) is 0 Å².